The second kappa shape index (κ2) is 11.9. The number of nitrogens with zero attached hydrogens (tertiary/aromatic N) is 1. The van der Waals surface area contributed by atoms with Crippen molar-refractivity contribution in [3.63, 3.8) is 0 Å². The van der Waals surface area contributed by atoms with Crippen LogP contribution in [-0.4, -0.2) is 23.4 Å². The Hall–Kier alpha value is -0.530. The van der Waals surface area contributed by atoms with Crippen LogP contribution in [0.5, 0.6) is 0 Å². The molecule has 1 unspecified atom stereocenters. The lowest BCUT2D eigenvalue weighted by atomic mass is 9.89. The molecule has 24 heavy (non-hydrogen) atoms. The van der Waals surface area contributed by atoms with E-state index < -0.39 is 0 Å². The smallest absolute Gasteiger partial charge is 0.223 e. The highest BCUT2D eigenvalue weighted by Gasteiger charge is 2.31. The van der Waals surface area contributed by atoms with Crippen LogP contribution in [0, 0.1) is 5.92 Å². The van der Waals surface area contributed by atoms with Crippen LogP contribution in [0.25, 0.3) is 0 Å². The summed E-state index contributed by atoms with van der Waals surface area (Å²) in [5.41, 5.74) is 0. The molecule has 0 aromatic heterocycles. The summed E-state index contributed by atoms with van der Waals surface area (Å²) >= 11 is 0. The van der Waals surface area contributed by atoms with Crippen molar-refractivity contribution in [2.45, 2.75) is 122 Å². The van der Waals surface area contributed by atoms with Gasteiger partial charge >= 0.3 is 0 Å². The molecule has 0 radical (unpaired) electrons. The van der Waals surface area contributed by atoms with Gasteiger partial charge in [-0.05, 0) is 31.6 Å². The van der Waals surface area contributed by atoms with Crippen molar-refractivity contribution in [2.24, 2.45) is 5.92 Å². The number of piperidine rings is 1. The molecule has 2 rings (SSSR count). The average Bonchev–Trinajstić information content (AvgIpc) is 3.11. The van der Waals surface area contributed by atoms with Gasteiger partial charge in [-0.2, -0.15) is 0 Å². The van der Waals surface area contributed by atoms with E-state index in [1.165, 1.54) is 103 Å². The second-order valence-corrected chi connectivity index (χ2v) is 8.35. The fourth-order valence-corrected chi connectivity index (χ4v) is 4.68. The van der Waals surface area contributed by atoms with Crippen LogP contribution < -0.4 is 0 Å². The van der Waals surface area contributed by atoms with E-state index in [1.54, 1.807) is 0 Å². The maximum absolute atomic E-state index is 12.4. The Morgan fingerprint density at radius 2 is 1.42 bits per heavy atom. The van der Waals surface area contributed by atoms with Crippen molar-refractivity contribution in [2.75, 3.05) is 6.54 Å². The molecule has 1 amide bonds. The lowest BCUT2D eigenvalue weighted by molar-refractivity contribution is -0.137. The number of hydrogen-bond donors (Lipinski definition) is 0. The standard InChI is InChI=1S/C22H41NO/c1-2-3-4-5-6-7-8-9-10-11-14-20-17-18-23(22(24)19-20)21-15-12-13-16-21/h20-21H,2-19H2,1H3. The average molecular weight is 336 g/mol. The molecule has 2 fully saturated rings. The van der Waals surface area contributed by atoms with Gasteiger partial charge in [-0.15, -0.1) is 0 Å². The molecule has 1 aliphatic heterocycles. The van der Waals surface area contributed by atoms with E-state index in [-0.39, 0.29) is 0 Å². The Labute approximate surface area is 150 Å². The minimum absolute atomic E-state index is 0.463. The molecule has 2 nitrogen and oxygen atoms in total. The highest BCUT2D eigenvalue weighted by Crippen LogP contribution is 2.30. The maximum Gasteiger partial charge on any atom is 0.223 e. The van der Waals surface area contributed by atoms with E-state index in [9.17, 15) is 4.79 Å². The van der Waals surface area contributed by atoms with Crippen LogP contribution in [0.4, 0.5) is 0 Å². The zero-order chi connectivity index (χ0) is 17.0. The fraction of sp³-hybridized carbons (Fsp3) is 0.955. The Kier molecular flexibility index (Phi) is 9.83. The summed E-state index contributed by atoms with van der Waals surface area (Å²) in [5, 5.41) is 0. The lowest BCUT2D eigenvalue weighted by Crippen LogP contribution is -2.44. The molecule has 0 spiro atoms. The monoisotopic (exact) mass is 335 g/mol. The first-order chi connectivity index (χ1) is 11.8. The fourth-order valence-electron chi connectivity index (χ4n) is 4.68. The molecule has 0 aromatic carbocycles. The van der Waals surface area contributed by atoms with E-state index in [4.69, 9.17) is 0 Å². The van der Waals surface area contributed by atoms with Gasteiger partial charge in [0.05, 0.1) is 0 Å². The number of carbonyl (C=O) groups excluding carboxylic acids is 1. The van der Waals surface area contributed by atoms with Crippen LogP contribution in [0.15, 0.2) is 0 Å². The Bertz CT molecular complexity index is 335. The van der Waals surface area contributed by atoms with E-state index in [0.29, 0.717) is 17.9 Å². The van der Waals surface area contributed by atoms with Gasteiger partial charge in [0.15, 0.2) is 0 Å². The van der Waals surface area contributed by atoms with Crippen molar-refractivity contribution in [1.82, 2.24) is 4.90 Å². The van der Waals surface area contributed by atoms with E-state index >= 15 is 0 Å². The SMILES string of the molecule is CCCCCCCCCCCCC1CCN(C2CCCC2)C(=O)C1. The predicted molar refractivity (Wildman–Crippen MR) is 103 cm³/mol. The van der Waals surface area contributed by atoms with Gasteiger partial charge in [0, 0.05) is 19.0 Å². The predicted octanol–water partition coefficient (Wildman–Crippen LogP) is 6.48. The highest BCUT2D eigenvalue weighted by atomic mass is 16.2. The quantitative estimate of drug-likeness (QED) is 0.374. The molecule has 1 saturated heterocycles. The molecule has 0 aromatic rings. The molecular formula is C22H41NO. The van der Waals surface area contributed by atoms with Gasteiger partial charge in [-0.3, -0.25) is 4.79 Å². The summed E-state index contributed by atoms with van der Waals surface area (Å²) in [7, 11) is 0. The van der Waals surface area contributed by atoms with Crippen molar-refractivity contribution in [1.29, 1.82) is 0 Å². The van der Waals surface area contributed by atoms with Crippen molar-refractivity contribution in [3.8, 4) is 0 Å². The molecule has 2 heteroatoms. The van der Waals surface area contributed by atoms with Gasteiger partial charge in [0.2, 0.25) is 5.91 Å². The molecule has 1 aliphatic carbocycles. The van der Waals surface area contributed by atoms with Crippen LogP contribution in [0.2, 0.25) is 0 Å². The summed E-state index contributed by atoms with van der Waals surface area (Å²) in [5.74, 6) is 1.15. The van der Waals surface area contributed by atoms with Gasteiger partial charge in [-0.1, -0.05) is 84.0 Å². The zero-order valence-electron chi connectivity index (χ0n) is 16.2. The number of carbonyl (C=O) groups is 1. The van der Waals surface area contributed by atoms with Crippen LogP contribution in [0.1, 0.15) is 116 Å². The summed E-state index contributed by atoms with van der Waals surface area (Å²) < 4.78 is 0. The van der Waals surface area contributed by atoms with Crippen molar-refractivity contribution >= 4 is 5.91 Å². The number of likely N-dealkylation sites (tertiary alicyclic amines) is 1. The van der Waals surface area contributed by atoms with E-state index in [2.05, 4.69) is 11.8 Å². The molecule has 2 aliphatic rings. The Morgan fingerprint density at radius 1 is 0.833 bits per heavy atom. The van der Waals surface area contributed by atoms with Crippen LogP contribution in [0.3, 0.4) is 0 Å². The van der Waals surface area contributed by atoms with Crippen LogP contribution in [-0.2, 0) is 4.79 Å². The summed E-state index contributed by atoms with van der Waals surface area (Å²) in [6.07, 6.45) is 22.6. The number of unbranched alkanes of at least 4 members (excludes halogenated alkanes) is 9. The summed E-state index contributed by atoms with van der Waals surface area (Å²) in [6, 6.07) is 0.593. The lowest BCUT2D eigenvalue weighted by Gasteiger charge is -2.36. The minimum Gasteiger partial charge on any atom is -0.340 e. The highest BCUT2D eigenvalue weighted by molar-refractivity contribution is 5.77. The second-order valence-electron chi connectivity index (χ2n) is 8.35. The molecule has 0 bridgehead atoms. The first kappa shape index (κ1) is 19.8. The van der Waals surface area contributed by atoms with Crippen molar-refractivity contribution in [3.05, 3.63) is 0 Å². The summed E-state index contributed by atoms with van der Waals surface area (Å²) in [6.45, 7) is 3.33. The normalized spacial score (nSPS) is 22.5. The largest absolute Gasteiger partial charge is 0.340 e. The topological polar surface area (TPSA) is 20.3 Å². The third kappa shape index (κ3) is 7.15. The first-order valence-electron chi connectivity index (χ1n) is 11.1. The van der Waals surface area contributed by atoms with E-state index in [1.807, 2.05) is 0 Å². The number of amides is 1. The first-order valence-corrected chi connectivity index (χ1v) is 11.1. The van der Waals surface area contributed by atoms with Crippen molar-refractivity contribution < 1.29 is 4.79 Å². The maximum atomic E-state index is 12.4. The van der Waals surface area contributed by atoms with Crippen LogP contribution >= 0.6 is 0 Å². The summed E-state index contributed by atoms with van der Waals surface area (Å²) in [4.78, 5) is 14.6. The Morgan fingerprint density at radius 3 is 2.00 bits per heavy atom. The van der Waals surface area contributed by atoms with Gasteiger partial charge in [-0.25, -0.2) is 0 Å². The molecule has 140 valence electrons. The third-order valence-electron chi connectivity index (χ3n) is 6.29. The van der Waals surface area contributed by atoms with Gasteiger partial charge in [0.25, 0.3) is 0 Å². The van der Waals surface area contributed by atoms with Gasteiger partial charge < -0.3 is 4.90 Å². The zero-order valence-corrected chi connectivity index (χ0v) is 16.2. The third-order valence-corrected chi connectivity index (χ3v) is 6.29. The Balaban J connectivity index is 1.44. The minimum atomic E-state index is 0.463. The van der Waals surface area contributed by atoms with E-state index in [0.717, 1.165) is 13.0 Å². The molecule has 1 atom stereocenters. The molecular weight excluding hydrogens is 294 g/mol. The molecule has 1 saturated carbocycles. The van der Waals surface area contributed by atoms with Gasteiger partial charge in [0.1, 0.15) is 0 Å². The molecule has 0 N–H and O–H groups in total. The number of rotatable bonds is 12. The number of hydrogen-bond acceptors (Lipinski definition) is 1. The molecule has 1 heterocycles.